The molecule has 168 valence electrons. The Morgan fingerprint density at radius 2 is 1.94 bits per heavy atom. The molecule has 1 aromatic carbocycles. The van der Waals surface area contributed by atoms with Crippen LogP contribution in [0.4, 0.5) is 4.39 Å². The van der Waals surface area contributed by atoms with Gasteiger partial charge in [0.25, 0.3) is 5.91 Å². The molecule has 1 aliphatic rings. The van der Waals surface area contributed by atoms with Crippen molar-refractivity contribution in [3.05, 3.63) is 75.3 Å². The van der Waals surface area contributed by atoms with E-state index in [4.69, 9.17) is 0 Å². The number of rotatable bonds is 6. The lowest BCUT2D eigenvalue weighted by molar-refractivity contribution is -0.131. The van der Waals surface area contributed by atoms with Gasteiger partial charge in [0.05, 0.1) is 10.6 Å². The summed E-state index contributed by atoms with van der Waals surface area (Å²) in [5.74, 6) is -0.312. The lowest BCUT2D eigenvalue weighted by Crippen LogP contribution is -2.37. The second-order valence-corrected chi connectivity index (χ2v) is 9.51. The maximum absolute atomic E-state index is 13.4. The van der Waals surface area contributed by atoms with E-state index in [2.05, 4.69) is 26.8 Å². The molecule has 0 radical (unpaired) electrons. The van der Waals surface area contributed by atoms with Gasteiger partial charge in [0.15, 0.2) is 5.82 Å². The average Bonchev–Trinajstić information content (AvgIpc) is 3.59. The van der Waals surface area contributed by atoms with Gasteiger partial charge in [-0.1, -0.05) is 6.07 Å². The number of nitrogens with zero attached hydrogens (tertiary/aromatic N) is 4. The summed E-state index contributed by atoms with van der Waals surface area (Å²) in [6.07, 6.45) is 1.09. The van der Waals surface area contributed by atoms with Gasteiger partial charge in [-0.15, -0.1) is 27.8 Å². The number of thiophene rings is 2. The topological polar surface area (TPSA) is 80.1 Å². The molecule has 7 nitrogen and oxygen atoms in total. The molecule has 0 atom stereocenters. The van der Waals surface area contributed by atoms with Crippen LogP contribution in [0.25, 0.3) is 16.4 Å². The highest BCUT2D eigenvalue weighted by Crippen LogP contribution is 2.26. The lowest BCUT2D eigenvalue weighted by Gasteiger charge is -2.27. The van der Waals surface area contributed by atoms with E-state index in [9.17, 15) is 14.0 Å². The molecule has 10 heteroatoms. The number of hydrogen-bond acceptors (Lipinski definition) is 6. The van der Waals surface area contributed by atoms with Crippen LogP contribution < -0.4 is 5.32 Å². The molecule has 0 spiro atoms. The predicted octanol–water partition coefficient (Wildman–Crippen LogP) is 3.90. The van der Waals surface area contributed by atoms with Crippen molar-refractivity contribution in [2.75, 3.05) is 13.1 Å². The number of halogens is 1. The first-order chi connectivity index (χ1) is 16.1. The summed E-state index contributed by atoms with van der Waals surface area (Å²) in [6, 6.07) is 11.7. The van der Waals surface area contributed by atoms with Crippen molar-refractivity contribution in [3.63, 3.8) is 0 Å². The number of fused-ring (bicyclic) bond motifs is 1. The summed E-state index contributed by atoms with van der Waals surface area (Å²) >= 11 is 3.20. The van der Waals surface area contributed by atoms with Crippen LogP contribution in [0.5, 0.6) is 0 Å². The fraction of sp³-hybridized carbons (Fsp3) is 0.217. The van der Waals surface area contributed by atoms with Crippen molar-refractivity contribution in [2.45, 2.75) is 19.4 Å². The van der Waals surface area contributed by atoms with E-state index in [-0.39, 0.29) is 30.5 Å². The van der Waals surface area contributed by atoms with Crippen LogP contribution in [0.15, 0.2) is 53.2 Å². The number of nitrogens with one attached hydrogen (secondary N) is 1. The van der Waals surface area contributed by atoms with Gasteiger partial charge in [0.2, 0.25) is 11.7 Å². The van der Waals surface area contributed by atoms with E-state index < -0.39 is 5.91 Å². The summed E-state index contributed by atoms with van der Waals surface area (Å²) in [6.45, 7) is 1.53. The molecule has 33 heavy (non-hydrogen) atoms. The Kier molecular flexibility index (Phi) is 6.01. The van der Waals surface area contributed by atoms with Crippen LogP contribution in [-0.4, -0.2) is 44.6 Å². The quantitative estimate of drug-likeness (QED) is 0.453. The molecule has 0 saturated heterocycles. The van der Waals surface area contributed by atoms with Crippen LogP contribution in [0.2, 0.25) is 0 Å². The van der Waals surface area contributed by atoms with E-state index in [0.717, 1.165) is 11.3 Å². The first-order valence-electron chi connectivity index (χ1n) is 10.5. The molecule has 1 aliphatic heterocycles. The van der Waals surface area contributed by atoms with Crippen molar-refractivity contribution in [1.29, 1.82) is 0 Å². The third-order valence-electron chi connectivity index (χ3n) is 5.41. The van der Waals surface area contributed by atoms with Crippen LogP contribution in [-0.2, 0) is 17.8 Å². The number of hydrogen-bond donors (Lipinski definition) is 1. The summed E-state index contributed by atoms with van der Waals surface area (Å²) in [7, 11) is 0. The minimum atomic E-state index is -0.458. The Labute approximate surface area is 197 Å². The highest BCUT2D eigenvalue weighted by Gasteiger charge is 2.22. The van der Waals surface area contributed by atoms with E-state index in [0.29, 0.717) is 24.6 Å². The Bertz CT molecular complexity index is 1280. The fourth-order valence-corrected chi connectivity index (χ4v) is 5.31. The van der Waals surface area contributed by atoms with Crippen LogP contribution in [0.3, 0.4) is 0 Å². The molecular formula is C23H20FN5O2S2. The van der Waals surface area contributed by atoms with Crippen LogP contribution in [0.1, 0.15) is 27.5 Å². The third kappa shape index (κ3) is 4.57. The van der Waals surface area contributed by atoms with Gasteiger partial charge in [-0.05, 0) is 59.1 Å². The Morgan fingerprint density at radius 1 is 1.09 bits per heavy atom. The summed E-state index contributed by atoms with van der Waals surface area (Å²) < 4.78 is 14.9. The highest BCUT2D eigenvalue weighted by molar-refractivity contribution is 7.13. The summed E-state index contributed by atoms with van der Waals surface area (Å²) in [4.78, 5) is 33.7. The number of carbonyl (C=O) groups is 2. The SMILES string of the molecule is O=C(NCCC(=O)N1CCc2sccc2C1)c1nc(-c2cccs2)n(-c2ccc(F)cc2)n1. The van der Waals surface area contributed by atoms with Gasteiger partial charge >= 0.3 is 0 Å². The van der Waals surface area contributed by atoms with Crippen molar-refractivity contribution < 1.29 is 14.0 Å². The Morgan fingerprint density at radius 3 is 2.73 bits per heavy atom. The van der Waals surface area contributed by atoms with Crippen molar-refractivity contribution in [1.82, 2.24) is 25.0 Å². The molecule has 0 fully saturated rings. The van der Waals surface area contributed by atoms with Gasteiger partial charge in [0.1, 0.15) is 5.82 Å². The standard InChI is InChI=1S/C23H20FN5O2S2/c24-16-3-5-17(6-4-16)29-22(19-2-1-12-32-19)26-21(27-29)23(31)25-10-7-20(30)28-11-8-18-15(14-28)9-13-33-18/h1-6,9,12-13H,7-8,10-11,14H2,(H,25,31). The molecule has 2 amide bonds. The zero-order chi connectivity index (χ0) is 22.8. The maximum atomic E-state index is 13.4. The Balaban J connectivity index is 1.25. The molecule has 5 rings (SSSR count). The molecule has 1 N–H and O–H groups in total. The van der Waals surface area contributed by atoms with Crippen molar-refractivity contribution in [2.24, 2.45) is 0 Å². The summed E-state index contributed by atoms with van der Waals surface area (Å²) in [5.41, 5.74) is 1.81. The van der Waals surface area contributed by atoms with Crippen molar-refractivity contribution >= 4 is 34.5 Å². The molecule has 4 heterocycles. The number of carbonyl (C=O) groups excluding carboxylic acids is 2. The van der Waals surface area contributed by atoms with Crippen LogP contribution in [0, 0.1) is 5.82 Å². The molecule has 0 bridgehead atoms. The van der Waals surface area contributed by atoms with Crippen molar-refractivity contribution in [3.8, 4) is 16.4 Å². The smallest absolute Gasteiger partial charge is 0.291 e. The van der Waals surface area contributed by atoms with Gasteiger partial charge in [-0.2, -0.15) is 0 Å². The lowest BCUT2D eigenvalue weighted by atomic mass is 10.1. The number of aromatic nitrogens is 3. The Hall–Kier alpha value is -3.37. The fourth-order valence-electron chi connectivity index (χ4n) is 3.72. The minimum absolute atomic E-state index is 0.00365. The average molecular weight is 482 g/mol. The molecule has 0 aliphatic carbocycles. The summed E-state index contributed by atoms with van der Waals surface area (Å²) in [5, 5.41) is 11.1. The normalized spacial score (nSPS) is 13.1. The van der Waals surface area contributed by atoms with Gasteiger partial charge in [-0.25, -0.2) is 14.1 Å². The highest BCUT2D eigenvalue weighted by atomic mass is 32.1. The zero-order valence-electron chi connectivity index (χ0n) is 17.5. The molecule has 0 saturated carbocycles. The van der Waals surface area contributed by atoms with Gasteiger partial charge in [0, 0.05) is 30.9 Å². The van der Waals surface area contributed by atoms with E-state index >= 15 is 0 Å². The first-order valence-corrected chi connectivity index (χ1v) is 12.2. The zero-order valence-corrected chi connectivity index (χ0v) is 19.2. The van der Waals surface area contributed by atoms with E-state index in [1.54, 1.807) is 23.5 Å². The van der Waals surface area contributed by atoms with E-state index in [1.165, 1.54) is 38.6 Å². The molecular weight excluding hydrogens is 461 g/mol. The third-order valence-corrected chi connectivity index (χ3v) is 7.30. The van der Waals surface area contributed by atoms with Gasteiger partial charge < -0.3 is 10.2 Å². The largest absolute Gasteiger partial charge is 0.349 e. The molecule has 3 aromatic heterocycles. The minimum Gasteiger partial charge on any atom is -0.349 e. The van der Waals surface area contributed by atoms with Gasteiger partial charge in [-0.3, -0.25) is 9.59 Å². The monoisotopic (exact) mass is 481 g/mol. The number of benzene rings is 1. The second-order valence-electron chi connectivity index (χ2n) is 7.56. The van der Waals surface area contributed by atoms with Crippen LogP contribution >= 0.6 is 22.7 Å². The predicted molar refractivity (Wildman–Crippen MR) is 125 cm³/mol. The first kappa shape index (κ1) is 21.5. The van der Waals surface area contributed by atoms with E-state index in [1.807, 2.05) is 22.4 Å². The second kappa shape index (κ2) is 9.24. The number of amides is 2. The molecule has 4 aromatic rings. The maximum Gasteiger partial charge on any atom is 0.291 e. The molecule has 0 unspecified atom stereocenters.